The number of ether oxygens (including phenoxy) is 1. The summed E-state index contributed by atoms with van der Waals surface area (Å²) in [5.74, 6) is -0.636. The van der Waals surface area contributed by atoms with Crippen molar-refractivity contribution in [2.45, 2.75) is 39.2 Å². The Balaban J connectivity index is 3.70. The van der Waals surface area contributed by atoms with Crippen LogP contribution in [0.3, 0.4) is 0 Å². The molecule has 0 aromatic carbocycles. The van der Waals surface area contributed by atoms with Crippen LogP contribution in [0.1, 0.15) is 33.6 Å². The minimum atomic E-state index is -0.538. The summed E-state index contributed by atoms with van der Waals surface area (Å²) in [5.41, 5.74) is -0.538. The van der Waals surface area contributed by atoms with Gasteiger partial charge in [-0.1, -0.05) is 0 Å². The van der Waals surface area contributed by atoms with Crippen LogP contribution in [0.25, 0.3) is 0 Å². The molecule has 20 heavy (non-hydrogen) atoms. The van der Waals surface area contributed by atoms with Crippen molar-refractivity contribution in [3.63, 3.8) is 0 Å². The first kappa shape index (κ1) is 18.2. The van der Waals surface area contributed by atoms with Crippen molar-refractivity contribution in [2.75, 3.05) is 27.2 Å². The third-order valence-electron chi connectivity index (χ3n) is 2.11. The first-order valence-corrected chi connectivity index (χ1v) is 6.55. The molecule has 0 unspecified atom stereocenters. The molecule has 0 spiro atoms. The van der Waals surface area contributed by atoms with Gasteiger partial charge in [-0.2, -0.15) is 0 Å². The van der Waals surface area contributed by atoms with Gasteiger partial charge >= 0.3 is 12.0 Å². The van der Waals surface area contributed by atoms with Crippen LogP contribution < -0.4 is 10.6 Å². The molecule has 7 heteroatoms. The Bertz CT molecular complexity index is 348. The summed E-state index contributed by atoms with van der Waals surface area (Å²) in [6.45, 7) is 6.00. The topological polar surface area (TPSA) is 87.7 Å². The Kier molecular flexibility index (Phi) is 7.64. The van der Waals surface area contributed by atoms with Crippen molar-refractivity contribution in [1.82, 2.24) is 15.5 Å². The Morgan fingerprint density at radius 2 is 1.55 bits per heavy atom. The van der Waals surface area contributed by atoms with E-state index in [2.05, 4.69) is 10.6 Å². The Labute approximate surface area is 120 Å². The van der Waals surface area contributed by atoms with E-state index in [0.29, 0.717) is 13.1 Å². The fourth-order valence-corrected chi connectivity index (χ4v) is 1.23. The number of carbonyl (C=O) groups excluding carboxylic acids is 3. The monoisotopic (exact) mass is 287 g/mol. The number of carbonyl (C=O) groups is 3. The molecule has 0 bridgehead atoms. The molecule has 0 saturated carbocycles. The van der Waals surface area contributed by atoms with Crippen molar-refractivity contribution < 1.29 is 19.1 Å². The number of hydrogen-bond acceptors (Lipinski definition) is 4. The van der Waals surface area contributed by atoms with Gasteiger partial charge in [0.15, 0.2) is 0 Å². The zero-order valence-corrected chi connectivity index (χ0v) is 12.9. The minimum Gasteiger partial charge on any atom is -0.460 e. The maximum Gasteiger partial charge on any atom is 0.316 e. The zero-order valence-electron chi connectivity index (χ0n) is 12.9. The molecule has 0 heterocycles. The summed E-state index contributed by atoms with van der Waals surface area (Å²) in [7, 11) is 3.27. The molecule has 0 aliphatic carbocycles. The summed E-state index contributed by atoms with van der Waals surface area (Å²) < 4.78 is 5.09. The number of amides is 3. The normalized spacial score (nSPS) is 10.7. The second-order valence-corrected chi connectivity index (χ2v) is 5.56. The summed E-state index contributed by atoms with van der Waals surface area (Å²) in [5, 5.41) is 5.23. The minimum absolute atomic E-state index is 0.0488. The lowest BCUT2D eigenvalue weighted by Gasteiger charge is -2.19. The van der Waals surface area contributed by atoms with Gasteiger partial charge in [-0.25, -0.2) is 4.79 Å². The fourth-order valence-electron chi connectivity index (χ4n) is 1.23. The van der Waals surface area contributed by atoms with Crippen LogP contribution in [0.2, 0.25) is 0 Å². The lowest BCUT2D eigenvalue weighted by Crippen LogP contribution is -2.39. The van der Waals surface area contributed by atoms with E-state index >= 15 is 0 Å². The van der Waals surface area contributed by atoms with Crippen LogP contribution >= 0.6 is 0 Å². The molecule has 0 saturated heterocycles. The molecule has 3 amide bonds. The molecular weight excluding hydrogens is 262 g/mol. The van der Waals surface area contributed by atoms with Crippen LogP contribution in [0, 0.1) is 0 Å². The predicted octanol–water partition coefficient (Wildman–Crippen LogP) is 0.496. The van der Waals surface area contributed by atoms with Gasteiger partial charge in [0.25, 0.3) is 0 Å². The number of esters is 1. The number of rotatable bonds is 6. The highest BCUT2D eigenvalue weighted by atomic mass is 16.6. The average Bonchev–Trinajstić information content (AvgIpc) is 2.29. The molecular formula is C13H25N3O4. The Morgan fingerprint density at radius 1 is 1.00 bits per heavy atom. The summed E-state index contributed by atoms with van der Waals surface area (Å²) in [6, 6.07) is -0.215. The predicted molar refractivity (Wildman–Crippen MR) is 75.2 cm³/mol. The number of nitrogens with one attached hydrogen (secondary N) is 2. The van der Waals surface area contributed by atoms with E-state index in [0.717, 1.165) is 0 Å². The molecule has 0 aliphatic rings. The molecule has 0 fully saturated rings. The van der Waals surface area contributed by atoms with Gasteiger partial charge in [-0.05, 0) is 20.8 Å². The van der Waals surface area contributed by atoms with Gasteiger partial charge in [-0.15, -0.1) is 0 Å². The van der Waals surface area contributed by atoms with Crippen molar-refractivity contribution in [3.8, 4) is 0 Å². The third-order valence-corrected chi connectivity index (χ3v) is 2.11. The molecule has 116 valence electrons. The summed E-state index contributed by atoms with van der Waals surface area (Å²) in [4.78, 5) is 35.4. The number of hydrogen-bond donors (Lipinski definition) is 2. The molecule has 2 N–H and O–H groups in total. The molecule has 0 aromatic rings. The molecule has 0 rings (SSSR count). The van der Waals surface area contributed by atoms with Gasteiger partial charge in [-0.3, -0.25) is 9.59 Å². The van der Waals surface area contributed by atoms with Crippen LogP contribution in [0.4, 0.5) is 4.79 Å². The van der Waals surface area contributed by atoms with Crippen LogP contribution in [0.15, 0.2) is 0 Å². The average molecular weight is 287 g/mol. The number of nitrogens with zero attached hydrogens (tertiary/aromatic N) is 1. The van der Waals surface area contributed by atoms with Crippen LogP contribution in [-0.2, 0) is 14.3 Å². The smallest absolute Gasteiger partial charge is 0.316 e. The van der Waals surface area contributed by atoms with Crippen molar-refractivity contribution in [1.29, 1.82) is 0 Å². The van der Waals surface area contributed by atoms with Gasteiger partial charge in [0.05, 0.1) is 6.42 Å². The quantitative estimate of drug-likeness (QED) is 0.550. The summed E-state index contributed by atoms with van der Waals surface area (Å²) in [6.07, 6.45) is 0.129. The van der Waals surface area contributed by atoms with Crippen molar-refractivity contribution in [3.05, 3.63) is 0 Å². The first-order chi connectivity index (χ1) is 9.11. The van der Waals surface area contributed by atoms with E-state index in [9.17, 15) is 14.4 Å². The standard InChI is InChI=1S/C13H25N3O4/c1-13(2,3)20-11(18)7-6-10(17)14-8-9-15-12(19)16(4)5/h6-9H2,1-5H3,(H,14,17)(H,15,19). The molecule has 0 aromatic heterocycles. The Hall–Kier alpha value is -1.79. The van der Waals surface area contributed by atoms with E-state index in [4.69, 9.17) is 4.74 Å². The van der Waals surface area contributed by atoms with E-state index in [-0.39, 0.29) is 24.8 Å². The second kappa shape index (κ2) is 8.39. The molecule has 0 atom stereocenters. The zero-order chi connectivity index (χ0) is 15.8. The van der Waals surface area contributed by atoms with Gasteiger partial charge in [0.1, 0.15) is 5.60 Å². The summed E-state index contributed by atoms with van der Waals surface area (Å²) >= 11 is 0. The first-order valence-electron chi connectivity index (χ1n) is 6.55. The van der Waals surface area contributed by atoms with Gasteiger partial charge in [0.2, 0.25) is 5.91 Å². The second-order valence-electron chi connectivity index (χ2n) is 5.56. The molecule has 0 aliphatic heterocycles. The van der Waals surface area contributed by atoms with E-state index in [1.165, 1.54) is 4.90 Å². The largest absolute Gasteiger partial charge is 0.460 e. The van der Waals surface area contributed by atoms with Crippen LogP contribution in [-0.4, -0.2) is 55.6 Å². The van der Waals surface area contributed by atoms with E-state index in [1.807, 2.05) is 0 Å². The third kappa shape index (κ3) is 10.2. The maximum atomic E-state index is 11.4. The highest BCUT2D eigenvalue weighted by molar-refractivity contribution is 5.81. The van der Waals surface area contributed by atoms with Gasteiger partial charge < -0.3 is 20.3 Å². The fraction of sp³-hybridized carbons (Fsp3) is 0.769. The lowest BCUT2D eigenvalue weighted by molar-refractivity contribution is -0.155. The van der Waals surface area contributed by atoms with Crippen molar-refractivity contribution >= 4 is 17.9 Å². The number of urea groups is 1. The van der Waals surface area contributed by atoms with Crippen molar-refractivity contribution in [2.24, 2.45) is 0 Å². The maximum absolute atomic E-state index is 11.4. The lowest BCUT2D eigenvalue weighted by atomic mass is 10.2. The highest BCUT2D eigenvalue weighted by Gasteiger charge is 2.16. The highest BCUT2D eigenvalue weighted by Crippen LogP contribution is 2.08. The van der Waals surface area contributed by atoms with Crippen LogP contribution in [0.5, 0.6) is 0 Å². The van der Waals surface area contributed by atoms with Gasteiger partial charge in [0, 0.05) is 33.6 Å². The Morgan fingerprint density at radius 3 is 2.05 bits per heavy atom. The van der Waals surface area contributed by atoms with E-state index in [1.54, 1.807) is 34.9 Å². The SMILES string of the molecule is CN(C)C(=O)NCCNC(=O)CCC(=O)OC(C)(C)C. The molecule has 0 radical (unpaired) electrons. The molecule has 7 nitrogen and oxygen atoms in total. The van der Waals surface area contributed by atoms with E-state index < -0.39 is 11.6 Å².